The van der Waals surface area contributed by atoms with Gasteiger partial charge in [-0.25, -0.2) is 0 Å². The maximum absolute atomic E-state index is 13.3. The van der Waals surface area contributed by atoms with Crippen LogP contribution in [0.5, 0.6) is 0 Å². The Bertz CT molecular complexity index is 1010. The largest absolute Gasteiger partial charge is 0.416 e. The molecule has 6 heteroatoms. The van der Waals surface area contributed by atoms with Crippen LogP contribution in [0.2, 0.25) is 0 Å². The summed E-state index contributed by atoms with van der Waals surface area (Å²) in [6.45, 7) is 3.88. The zero-order chi connectivity index (χ0) is 21.2. The van der Waals surface area contributed by atoms with E-state index in [0.29, 0.717) is 5.56 Å². The Labute approximate surface area is 168 Å². The van der Waals surface area contributed by atoms with E-state index in [9.17, 15) is 18.0 Å². The molecule has 1 N–H and O–H groups in total. The number of alkyl halides is 3. The number of carbonyl (C=O) groups excluding carboxylic acids is 1. The predicted octanol–water partition coefficient (Wildman–Crippen LogP) is 5.63. The van der Waals surface area contributed by atoms with Crippen molar-refractivity contribution in [3.63, 3.8) is 0 Å². The maximum atomic E-state index is 13.3. The average Bonchev–Trinajstić information content (AvgIpc) is 3.02. The number of aryl methyl sites for hydroxylation is 1. The molecule has 0 fully saturated rings. The molecule has 0 aliphatic carbocycles. The lowest BCUT2D eigenvalue weighted by Crippen LogP contribution is -2.33. The molecule has 3 nitrogen and oxygen atoms in total. The summed E-state index contributed by atoms with van der Waals surface area (Å²) >= 11 is 0. The van der Waals surface area contributed by atoms with Crippen molar-refractivity contribution < 1.29 is 18.0 Å². The molecule has 29 heavy (non-hydrogen) atoms. The molecule has 0 saturated heterocycles. The minimum absolute atomic E-state index is 0.0113. The highest BCUT2D eigenvalue weighted by molar-refractivity contribution is 5.86. The highest BCUT2D eigenvalue weighted by Gasteiger charge is 2.32. The van der Waals surface area contributed by atoms with Crippen molar-refractivity contribution in [3.05, 3.63) is 71.4 Å². The van der Waals surface area contributed by atoms with Gasteiger partial charge in [-0.15, -0.1) is 0 Å². The first-order valence-electron chi connectivity index (χ1n) is 9.71. The van der Waals surface area contributed by atoms with E-state index in [-0.39, 0.29) is 18.4 Å². The lowest BCUT2D eigenvalue weighted by atomic mass is 9.87. The van der Waals surface area contributed by atoms with Crippen LogP contribution >= 0.6 is 0 Å². The number of hydrogen-bond donors (Lipinski definition) is 1. The van der Waals surface area contributed by atoms with Crippen LogP contribution < -0.4 is 5.32 Å². The number of fused-ring (bicyclic) bond motifs is 1. The van der Waals surface area contributed by atoms with Crippen molar-refractivity contribution in [1.82, 2.24) is 9.88 Å². The SMILES string of the molecule is CC[C@H](C)NC(=O)C[C@@H](c1cccc(C(F)(F)F)c1)c1cn(C)c2ccccc12. The summed E-state index contributed by atoms with van der Waals surface area (Å²) in [6, 6.07) is 13.0. The second-order valence-corrected chi connectivity index (χ2v) is 7.47. The number of amides is 1. The van der Waals surface area contributed by atoms with Crippen molar-refractivity contribution in [2.24, 2.45) is 7.05 Å². The molecule has 2 aromatic carbocycles. The van der Waals surface area contributed by atoms with Crippen molar-refractivity contribution in [1.29, 1.82) is 0 Å². The fourth-order valence-electron chi connectivity index (χ4n) is 3.61. The average molecular weight is 402 g/mol. The Balaban J connectivity index is 2.08. The minimum Gasteiger partial charge on any atom is -0.354 e. The van der Waals surface area contributed by atoms with Gasteiger partial charge in [-0.3, -0.25) is 4.79 Å². The summed E-state index contributed by atoms with van der Waals surface area (Å²) in [6.07, 6.45) is -1.65. The molecule has 1 amide bonds. The molecule has 0 unspecified atom stereocenters. The van der Waals surface area contributed by atoms with Crippen molar-refractivity contribution >= 4 is 16.8 Å². The zero-order valence-corrected chi connectivity index (χ0v) is 16.8. The van der Waals surface area contributed by atoms with Gasteiger partial charge in [0.15, 0.2) is 0 Å². The van der Waals surface area contributed by atoms with E-state index in [2.05, 4.69) is 5.32 Å². The lowest BCUT2D eigenvalue weighted by Gasteiger charge is -2.20. The number of halogens is 3. The fourth-order valence-corrected chi connectivity index (χ4v) is 3.61. The van der Waals surface area contributed by atoms with Gasteiger partial charge < -0.3 is 9.88 Å². The molecule has 1 heterocycles. The van der Waals surface area contributed by atoms with E-state index in [0.717, 1.165) is 35.0 Å². The Morgan fingerprint density at radius 3 is 2.55 bits per heavy atom. The number of nitrogens with one attached hydrogen (secondary N) is 1. The molecule has 154 valence electrons. The maximum Gasteiger partial charge on any atom is 0.416 e. The summed E-state index contributed by atoms with van der Waals surface area (Å²) in [5, 5.41) is 3.87. The van der Waals surface area contributed by atoms with Crippen LogP contribution in [-0.2, 0) is 18.0 Å². The number of para-hydroxylation sites is 1. The van der Waals surface area contributed by atoms with Crippen molar-refractivity contribution in [2.75, 3.05) is 0 Å². The van der Waals surface area contributed by atoms with E-state index in [1.807, 2.05) is 55.9 Å². The van der Waals surface area contributed by atoms with Crippen molar-refractivity contribution in [2.45, 2.75) is 44.8 Å². The molecular formula is C23H25F3N2O. The highest BCUT2D eigenvalue weighted by atomic mass is 19.4. The van der Waals surface area contributed by atoms with E-state index >= 15 is 0 Å². The number of rotatable bonds is 6. The third-order valence-corrected chi connectivity index (χ3v) is 5.33. The molecule has 0 aliphatic rings. The number of carbonyl (C=O) groups is 1. The van der Waals surface area contributed by atoms with Crippen LogP contribution in [-0.4, -0.2) is 16.5 Å². The fraction of sp³-hybridized carbons (Fsp3) is 0.348. The summed E-state index contributed by atoms with van der Waals surface area (Å²) < 4.78 is 41.8. The molecule has 0 radical (unpaired) electrons. The van der Waals surface area contributed by atoms with E-state index in [1.54, 1.807) is 6.07 Å². The molecule has 2 atom stereocenters. The molecule has 3 rings (SSSR count). The molecule has 0 spiro atoms. The van der Waals surface area contributed by atoms with Crippen molar-refractivity contribution in [3.8, 4) is 0 Å². The van der Waals surface area contributed by atoms with Crippen LogP contribution in [0.25, 0.3) is 10.9 Å². The van der Waals surface area contributed by atoms with E-state index < -0.39 is 17.7 Å². The van der Waals surface area contributed by atoms with Crippen LogP contribution in [0.4, 0.5) is 13.2 Å². The second-order valence-electron chi connectivity index (χ2n) is 7.47. The van der Waals surface area contributed by atoms with Crippen LogP contribution in [0, 0.1) is 0 Å². The van der Waals surface area contributed by atoms with Gasteiger partial charge in [0, 0.05) is 42.5 Å². The first-order valence-corrected chi connectivity index (χ1v) is 9.71. The lowest BCUT2D eigenvalue weighted by molar-refractivity contribution is -0.137. The van der Waals surface area contributed by atoms with Gasteiger partial charge in [0.05, 0.1) is 5.56 Å². The van der Waals surface area contributed by atoms with Gasteiger partial charge in [-0.2, -0.15) is 13.2 Å². The highest BCUT2D eigenvalue weighted by Crippen LogP contribution is 2.37. The van der Waals surface area contributed by atoms with Crippen LogP contribution in [0.3, 0.4) is 0 Å². The standard InChI is InChI=1S/C23H25F3N2O/c1-4-15(2)27-22(29)13-19(16-8-7-9-17(12-16)23(24,25)26)20-14-28(3)21-11-6-5-10-18(20)21/h5-12,14-15,19H,4,13H2,1-3H3,(H,27,29)/t15-,19-/m0/s1. The number of nitrogens with zero attached hydrogens (tertiary/aromatic N) is 1. The molecule has 3 aromatic rings. The van der Waals surface area contributed by atoms with Gasteiger partial charge in [-0.05, 0) is 36.6 Å². The van der Waals surface area contributed by atoms with Gasteiger partial charge in [-0.1, -0.05) is 43.3 Å². The molecule has 0 bridgehead atoms. The normalized spacial score (nSPS) is 14.0. The van der Waals surface area contributed by atoms with E-state index in [1.165, 1.54) is 6.07 Å². The quantitative estimate of drug-likeness (QED) is 0.569. The number of aromatic nitrogens is 1. The Morgan fingerprint density at radius 1 is 1.14 bits per heavy atom. The number of hydrogen-bond acceptors (Lipinski definition) is 1. The zero-order valence-electron chi connectivity index (χ0n) is 16.8. The molecule has 0 saturated carbocycles. The third kappa shape index (κ3) is 4.63. The summed E-state index contributed by atoms with van der Waals surface area (Å²) in [5.41, 5.74) is 1.60. The minimum atomic E-state index is -4.43. The Hall–Kier alpha value is -2.76. The smallest absolute Gasteiger partial charge is 0.354 e. The Morgan fingerprint density at radius 2 is 1.86 bits per heavy atom. The predicted molar refractivity (Wildman–Crippen MR) is 109 cm³/mol. The van der Waals surface area contributed by atoms with Crippen LogP contribution in [0.1, 0.15) is 49.3 Å². The summed E-state index contributed by atoms with van der Waals surface area (Å²) in [4.78, 5) is 12.7. The molecule has 1 aromatic heterocycles. The monoisotopic (exact) mass is 402 g/mol. The summed E-state index contributed by atoms with van der Waals surface area (Å²) in [7, 11) is 1.90. The van der Waals surface area contributed by atoms with Gasteiger partial charge in [0.1, 0.15) is 0 Å². The van der Waals surface area contributed by atoms with Gasteiger partial charge in [0.25, 0.3) is 0 Å². The van der Waals surface area contributed by atoms with Gasteiger partial charge in [0.2, 0.25) is 5.91 Å². The topological polar surface area (TPSA) is 34.0 Å². The number of benzene rings is 2. The first-order chi connectivity index (χ1) is 13.7. The molecule has 0 aliphatic heterocycles. The van der Waals surface area contributed by atoms with Gasteiger partial charge >= 0.3 is 6.18 Å². The van der Waals surface area contributed by atoms with Crippen LogP contribution in [0.15, 0.2) is 54.7 Å². The third-order valence-electron chi connectivity index (χ3n) is 5.33. The summed E-state index contributed by atoms with van der Waals surface area (Å²) in [5.74, 6) is -0.651. The molecular weight excluding hydrogens is 377 g/mol. The van der Waals surface area contributed by atoms with E-state index in [4.69, 9.17) is 0 Å². The second kappa shape index (κ2) is 8.31. The first kappa shape index (κ1) is 21.0. The Kier molecular flexibility index (Phi) is 6.01.